The Kier molecular flexibility index (Phi) is 3.98. The molecule has 0 N–H and O–H groups in total. The molecule has 0 aromatic rings. The molecule has 2 atom stereocenters. The van der Waals surface area contributed by atoms with Gasteiger partial charge in [-0.15, -0.1) is 0 Å². The van der Waals surface area contributed by atoms with Crippen molar-refractivity contribution < 1.29 is 27.8 Å². The number of ether oxygens (including phenoxy) is 2. The number of alkyl halides is 2. The molecule has 0 bridgehead atoms. The molecule has 1 saturated carbocycles. The van der Waals surface area contributed by atoms with Crippen molar-refractivity contribution >= 4 is 11.9 Å². The number of carbonyl (C=O) groups is 2. The summed E-state index contributed by atoms with van der Waals surface area (Å²) >= 11 is 0. The number of hydrogen-bond donors (Lipinski definition) is 0. The van der Waals surface area contributed by atoms with Gasteiger partial charge in [0.25, 0.3) is 0 Å². The van der Waals surface area contributed by atoms with Crippen LogP contribution in [-0.2, 0) is 19.1 Å². The molecule has 1 rings (SSSR count). The Hall–Kier alpha value is -1.20. The molecule has 0 aromatic carbocycles. The first-order valence-electron chi connectivity index (χ1n) is 5.74. The lowest BCUT2D eigenvalue weighted by Gasteiger charge is -2.23. The van der Waals surface area contributed by atoms with Gasteiger partial charge >= 0.3 is 11.9 Å². The van der Waals surface area contributed by atoms with E-state index in [0.717, 1.165) is 7.11 Å². The van der Waals surface area contributed by atoms with Gasteiger partial charge in [-0.1, -0.05) is 0 Å². The largest absolute Gasteiger partial charge is 0.469 e. The standard InChI is InChI=1S/C12H18F2O4/c1-11(2,3)18-10(16)8-6-12(13,14)5-7(8)9(15)17-4/h7-8H,5-6H2,1-4H3/t7-,8?/m0/s1. The first kappa shape index (κ1) is 14.9. The van der Waals surface area contributed by atoms with Gasteiger partial charge in [0.2, 0.25) is 5.92 Å². The number of methoxy groups -OCH3 is 1. The predicted molar refractivity (Wildman–Crippen MR) is 59.0 cm³/mol. The number of rotatable bonds is 2. The summed E-state index contributed by atoms with van der Waals surface area (Å²) in [4.78, 5) is 23.2. The van der Waals surface area contributed by atoms with E-state index in [9.17, 15) is 18.4 Å². The van der Waals surface area contributed by atoms with Crippen LogP contribution in [0.1, 0.15) is 33.6 Å². The smallest absolute Gasteiger partial charge is 0.310 e. The Morgan fingerprint density at radius 2 is 1.56 bits per heavy atom. The molecule has 0 radical (unpaired) electrons. The second kappa shape index (κ2) is 4.82. The van der Waals surface area contributed by atoms with Gasteiger partial charge < -0.3 is 9.47 Å². The van der Waals surface area contributed by atoms with Crippen molar-refractivity contribution in [3.05, 3.63) is 0 Å². The van der Waals surface area contributed by atoms with E-state index in [0.29, 0.717) is 0 Å². The number of halogens is 2. The molecule has 6 heteroatoms. The molecule has 1 aliphatic rings. The van der Waals surface area contributed by atoms with Crippen molar-refractivity contribution in [2.24, 2.45) is 11.8 Å². The van der Waals surface area contributed by atoms with E-state index in [4.69, 9.17) is 4.74 Å². The number of carbonyl (C=O) groups excluding carboxylic acids is 2. The van der Waals surface area contributed by atoms with E-state index >= 15 is 0 Å². The van der Waals surface area contributed by atoms with Crippen molar-refractivity contribution in [2.45, 2.75) is 45.1 Å². The summed E-state index contributed by atoms with van der Waals surface area (Å²) in [7, 11) is 1.12. The average Bonchev–Trinajstić information content (AvgIpc) is 2.51. The SMILES string of the molecule is COC(=O)[C@H]1CC(F)(F)CC1C(=O)OC(C)(C)C. The van der Waals surface area contributed by atoms with Crippen LogP contribution >= 0.6 is 0 Å². The molecule has 0 aromatic heterocycles. The Labute approximate surface area is 105 Å². The van der Waals surface area contributed by atoms with Crippen LogP contribution in [-0.4, -0.2) is 30.6 Å². The van der Waals surface area contributed by atoms with Crippen LogP contribution in [0.4, 0.5) is 8.78 Å². The second-order valence-corrected chi connectivity index (χ2v) is 5.53. The Bertz CT molecular complexity index is 346. The lowest BCUT2D eigenvalue weighted by atomic mass is 9.96. The number of hydrogen-bond acceptors (Lipinski definition) is 4. The topological polar surface area (TPSA) is 52.6 Å². The van der Waals surface area contributed by atoms with Gasteiger partial charge in [0.1, 0.15) is 5.60 Å². The maximum Gasteiger partial charge on any atom is 0.310 e. The normalized spacial score (nSPS) is 26.8. The van der Waals surface area contributed by atoms with Crippen LogP contribution in [0.2, 0.25) is 0 Å². The first-order chi connectivity index (χ1) is 8.06. The summed E-state index contributed by atoms with van der Waals surface area (Å²) in [5.74, 6) is -6.84. The Balaban J connectivity index is 2.84. The average molecular weight is 264 g/mol. The third-order valence-corrected chi connectivity index (χ3v) is 2.74. The summed E-state index contributed by atoms with van der Waals surface area (Å²) in [5.41, 5.74) is -0.768. The van der Waals surface area contributed by atoms with E-state index < -0.39 is 48.1 Å². The van der Waals surface area contributed by atoms with Crippen LogP contribution in [0.5, 0.6) is 0 Å². The number of esters is 2. The van der Waals surface area contributed by atoms with E-state index in [1.54, 1.807) is 20.8 Å². The highest BCUT2D eigenvalue weighted by atomic mass is 19.3. The van der Waals surface area contributed by atoms with Crippen LogP contribution < -0.4 is 0 Å². The maximum atomic E-state index is 13.3. The third-order valence-electron chi connectivity index (χ3n) is 2.74. The Morgan fingerprint density at radius 1 is 1.11 bits per heavy atom. The highest BCUT2D eigenvalue weighted by molar-refractivity contribution is 5.83. The predicted octanol–water partition coefficient (Wildman–Crippen LogP) is 2.16. The molecule has 0 amide bonds. The molecule has 18 heavy (non-hydrogen) atoms. The van der Waals surface area contributed by atoms with Gasteiger partial charge in [-0.25, -0.2) is 8.78 Å². The van der Waals surface area contributed by atoms with Gasteiger partial charge in [-0.05, 0) is 20.8 Å². The van der Waals surface area contributed by atoms with Crippen molar-refractivity contribution in [1.82, 2.24) is 0 Å². The molecule has 1 fully saturated rings. The van der Waals surface area contributed by atoms with Crippen molar-refractivity contribution in [2.75, 3.05) is 7.11 Å². The van der Waals surface area contributed by atoms with Crippen molar-refractivity contribution in [1.29, 1.82) is 0 Å². The minimum atomic E-state index is -3.03. The van der Waals surface area contributed by atoms with Gasteiger partial charge in [-0.3, -0.25) is 9.59 Å². The zero-order chi connectivity index (χ0) is 14.1. The summed E-state index contributed by atoms with van der Waals surface area (Å²) in [6, 6.07) is 0. The summed E-state index contributed by atoms with van der Waals surface area (Å²) in [6.45, 7) is 4.93. The Morgan fingerprint density at radius 3 is 1.94 bits per heavy atom. The fraction of sp³-hybridized carbons (Fsp3) is 0.833. The van der Waals surface area contributed by atoms with Gasteiger partial charge in [0.15, 0.2) is 0 Å². The van der Waals surface area contributed by atoms with Gasteiger partial charge in [-0.2, -0.15) is 0 Å². The fourth-order valence-electron chi connectivity index (χ4n) is 2.04. The fourth-order valence-corrected chi connectivity index (χ4v) is 2.04. The maximum absolute atomic E-state index is 13.3. The van der Waals surface area contributed by atoms with Crippen molar-refractivity contribution in [3.8, 4) is 0 Å². The molecule has 0 saturated heterocycles. The van der Waals surface area contributed by atoms with E-state index in [1.165, 1.54) is 0 Å². The quantitative estimate of drug-likeness (QED) is 0.717. The van der Waals surface area contributed by atoms with E-state index in [-0.39, 0.29) is 0 Å². The van der Waals surface area contributed by atoms with Crippen LogP contribution in [0.3, 0.4) is 0 Å². The van der Waals surface area contributed by atoms with E-state index in [2.05, 4.69) is 4.74 Å². The zero-order valence-corrected chi connectivity index (χ0v) is 11.0. The van der Waals surface area contributed by atoms with Crippen LogP contribution in [0, 0.1) is 11.8 Å². The van der Waals surface area contributed by atoms with Gasteiger partial charge in [0, 0.05) is 12.8 Å². The lowest BCUT2D eigenvalue weighted by Crippen LogP contribution is -2.33. The molecule has 0 heterocycles. The zero-order valence-electron chi connectivity index (χ0n) is 11.0. The monoisotopic (exact) mass is 264 g/mol. The minimum Gasteiger partial charge on any atom is -0.469 e. The summed E-state index contributed by atoms with van der Waals surface area (Å²) < 4.78 is 36.2. The molecular formula is C12H18F2O4. The lowest BCUT2D eigenvalue weighted by molar-refractivity contribution is -0.166. The van der Waals surface area contributed by atoms with Gasteiger partial charge in [0.05, 0.1) is 18.9 Å². The van der Waals surface area contributed by atoms with Crippen LogP contribution in [0.25, 0.3) is 0 Å². The molecule has 0 aliphatic heterocycles. The van der Waals surface area contributed by atoms with E-state index in [1.807, 2.05) is 0 Å². The highest BCUT2D eigenvalue weighted by Crippen LogP contribution is 2.44. The summed E-state index contributed by atoms with van der Waals surface area (Å²) in [6.07, 6.45) is -1.33. The van der Waals surface area contributed by atoms with Crippen LogP contribution in [0.15, 0.2) is 0 Å². The summed E-state index contributed by atoms with van der Waals surface area (Å²) in [5, 5.41) is 0. The molecule has 0 spiro atoms. The molecular weight excluding hydrogens is 246 g/mol. The molecule has 1 aliphatic carbocycles. The first-order valence-corrected chi connectivity index (χ1v) is 5.74. The minimum absolute atomic E-state index is 0.663. The molecule has 104 valence electrons. The highest BCUT2D eigenvalue weighted by Gasteiger charge is 2.53. The van der Waals surface area contributed by atoms with Crippen molar-refractivity contribution in [3.63, 3.8) is 0 Å². The molecule has 4 nitrogen and oxygen atoms in total. The third kappa shape index (κ3) is 3.65. The second-order valence-electron chi connectivity index (χ2n) is 5.53. The molecule has 1 unspecified atom stereocenters.